The summed E-state index contributed by atoms with van der Waals surface area (Å²) in [5.41, 5.74) is 3.37. The highest BCUT2D eigenvalue weighted by Crippen LogP contribution is 2.66. The van der Waals surface area contributed by atoms with Gasteiger partial charge in [0, 0.05) is 31.4 Å². The Hall–Kier alpha value is -2.28. The number of allylic oxidation sites excluding steroid dienone is 4. The number of nitrogens with zero attached hydrogens (tertiary/aromatic N) is 1. The lowest BCUT2D eigenvalue weighted by Crippen LogP contribution is -2.56. The van der Waals surface area contributed by atoms with Crippen LogP contribution in [0.3, 0.4) is 0 Å². The molecule has 0 radical (unpaired) electrons. The van der Waals surface area contributed by atoms with E-state index < -0.39 is 11.0 Å². The first kappa shape index (κ1) is 27.9. The smallest absolute Gasteiger partial charge is 0.190 e. The van der Waals surface area contributed by atoms with Crippen LogP contribution >= 0.6 is 0 Å². The Bertz CT molecular complexity index is 1200. The maximum Gasteiger partial charge on any atom is 0.190 e. The fourth-order valence-electron chi connectivity index (χ4n) is 8.94. The number of rotatable bonds is 8. The molecule has 5 aliphatic rings. The van der Waals surface area contributed by atoms with Crippen molar-refractivity contribution in [1.82, 2.24) is 4.90 Å². The number of ether oxygens (including phenoxy) is 2. The van der Waals surface area contributed by atoms with Gasteiger partial charge in [-0.25, -0.2) is 0 Å². The van der Waals surface area contributed by atoms with Crippen LogP contribution in [0.5, 0.6) is 5.75 Å². The minimum absolute atomic E-state index is 0.0550. The molecule has 1 aromatic carbocycles. The maximum atomic E-state index is 13.3. The number of likely N-dealkylation sites (tertiary alicyclic amines) is 1. The Morgan fingerprint density at radius 2 is 1.85 bits per heavy atom. The van der Waals surface area contributed by atoms with Crippen LogP contribution in [0.15, 0.2) is 47.1 Å². The van der Waals surface area contributed by atoms with Gasteiger partial charge in [0.2, 0.25) is 0 Å². The zero-order chi connectivity index (χ0) is 27.9. The van der Waals surface area contributed by atoms with Crippen molar-refractivity contribution in [2.75, 3.05) is 40.0 Å². The van der Waals surface area contributed by atoms with Gasteiger partial charge in [-0.15, -0.1) is 0 Å². The first-order valence-corrected chi connectivity index (χ1v) is 15.5. The van der Waals surface area contributed by atoms with E-state index in [2.05, 4.69) is 36.1 Å². The lowest BCUT2D eigenvalue weighted by atomic mass is 9.50. The summed E-state index contributed by atoms with van der Waals surface area (Å²) in [6, 6.07) is 8.54. The van der Waals surface area contributed by atoms with Crippen molar-refractivity contribution < 1.29 is 24.2 Å². The third-order valence-electron chi connectivity index (χ3n) is 11.0. The minimum Gasteiger partial charge on any atom is -0.492 e. The lowest BCUT2D eigenvalue weighted by Gasteiger charge is -2.54. The van der Waals surface area contributed by atoms with Gasteiger partial charge < -0.3 is 14.6 Å². The van der Waals surface area contributed by atoms with Gasteiger partial charge >= 0.3 is 0 Å². The molecule has 4 aliphatic carbocycles. The molecule has 0 spiro atoms. The number of aliphatic hydroxyl groups is 1. The first-order chi connectivity index (χ1) is 19.3. The molecular weight excluding hydrogens is 502 g/mol. The quantitative estimate of drug-likeness (QED) is 0.470. The fourth-order valence-corrected chi connectivity index (χ4v) is 8.94. The zero-order valence-electron chi connectivity index (χ0n) is 24.3. The molecule has 1 N–H and O–H groups in total. The zero-order valence-corrected chi connectivity index (χ0v) is 24.3. The number of fused-ring (bicyclic) bond motifs is 4. The molecule has 6 rings (SSSR count). The Morgan fingerprint density at radius 1 is 1.07 bits per heavy atom. The summed E-state index contributed by atoms with van der Waals surface area (Å²) < 4.78 is 11.4. The van der Waals surface area contributed by atoms with Gasteiger partial charge in [-0.3, -0.25) is 14.5 Å². The second-order valence-corrected chi connectivity index (χ2v) is 13.1. The van der Waals surface area contributed by atoms with Crippen molar-refractivity contribution in [2.24, 2.45) is 17.3 Å². The van der Waals surface area contributed by atoms with Crippen molar-refractivity contribution in [1.29, 1.82) is 0 Å². The largest absolute Gasteiger partial charge is 0.492 e. The molecule has 3 fully saturated rings. The lowest BCUT2D eigenvalue weighted by molar-refractivity contribution is -0.158. The van der Waals surface area contributed by atoms with Crippen LogP contribution in [0.2, 0.25) is 0 Å². The van der Waals surface area contributed by atoms with Crippen LogP contribution in [0.1, 0.15) is 82.6 Å². The van der Waals surface area contributed by atoms with Crippen LogP contribution in [-0.2, 0) is 14.3 Å². The van der Waals surface area contributed by atoms with Gasteiger partial charge in [-0.1, -0.05) is 31.1 Å². The van der Waals surface area contributed by atoms with E-state index in [1.54, 1.807) is 0 Å². The average Bonchev–Trinajstić information content (AvgIpc) is 3.24. The van der Waals surface area contributed by atoms with Crippen molar-refractivity contribution in [3.63, 3.8) is 0 Å². The summed E-state index contributed by atoms with van der Waals surface area (Å²) in [7, 11) is 1.53. The molecule has 6 heteroatoms. The summed E-state index contributed by atoms with van der Waals surface area (Å²) >= 11 is 0. The van der Waals surface area contributed by atoms with Crippen LogP contribution in [0.25, 0.3) is 0 Å². The monoisotopic (exact) mass is 547 g/mol. The van der Waals surface area contributed by atoms with Crippen molar-refractivity contribution in [3.8, 4) is 5.75 Å². The number of piperidine rings is 1. The third-order valence-corrected chi connectivity index (χ3v) is 11.0. The van der Waals surface area contributed by atoms with E-state index in [9.17, 15) is 14.7 Å². The highest BCUT2D eigenvalue weighted by molar-refractivity contribution is 5.93. The van der Waals surface area contributed by atoms with Crippen molar-refractivity contribution in [2.45, 2.75) is 82.7 Å². The van der Waals surface area contributed by atoms with Gasteiger partial charge in [0.15, 0.2) is 11.6 Å². The molecular formula is C34H45NO5. The van der Waals surface area contributed by atoms with E-state index in [1.807, 2.05) is 6.08 Å². The molecule has 0 amide bonds. The second kappa shape index (κ2) is 11.2. The summed E-state index contributed by atoms with van der Waals surface area (Å²) in [5, 5.41) is 12.0. The molecule has 1 aromatic rings. The van der Waals surface area contributed by atoms with Crippen LogP contribution in [0, 0.1) is 17.3 Å². The molecule has 0 aromatic heterocycles. The van der Waals surface area contributed by atoms with E-state index in [0.29, 0.717) is 25.4 Å². The van der Waals surface area contributed by atoms with Crippen molar-refractivity contribution in [3.05, 3.63) is 52.6 Å². The number of hydrogen-bond acceptors (Lipinski definition) is 6. The molecule has 5 atom stereocenters. The Labute approximate surface area is 238 Å². The summed E-state index contributed by atoms with van der Waals surface area (Å²) in [4.78, 5) is 28.1. The third kappa shape index (κ3) is 4.80. The maximum absolute atomic E-state index is 13.3. The Balaban J connectivity index is 1.31. The molecule has 1 aliphatic heterocycles. The van der Waals surface area contributed by atoms with E-state index in [0.717, 1.165) is 44.4 Å². The molecule has 6 nitrogen and oxygen atoms in total. The standard InChI is InChI=1S/C34H45NO5/c1-33-21-29(23-6-10-26(11-7-23)40-19-18-35-16-4-3-5-17-35)32-27-13-9-25(36)20-24(27)8-12-28(32)30(33)14-15-34(33,38)31(37)22-39-2/h6-7,10-11,20,28-30,38H,3-5,8-9,12-19,21-22H2,1-2H3/t28-,29+,30-,33-,34-/m0/s1. The predicted molar refractivity (Wildman–Crippen MR) is 154 cm³/mol. The molecule has 1 heterocycles. The minimum atomic E-state index is -1.38. The number of carbonyl (C=O) groups is 2. The normalized spacial score (nSPS) is 34.1. The number of Topliss-reactive ketones (excluding diaryl/α,β-unsaturated/α-hetero) is 1. The summed E-state index contributed by atoms with van der Waals surface area (Å²) in [6.45, 7) is 6.09. The topological polar surface area (TPSA) is 76.1 Å². The second-order valence-electron chi connectivity index (χ2n) is 13.1. The highest BCUT2D eigenvalue weighted by Gasteiger charge is 2.65. The van der Waals surface area contributed by atoms with Gasteiger partial charge in [-0.2, -0.15) is 0 Å². The van der Waals surface area contributed by atoms with Gasteiger partial charge in [-0.05, 0) is 111 Å². The van der Waals surface area contributed by atoms with Crippen molar-refractivity contribution >= 4 is 11.6 Å². The fraction of sp³-hybridized carbons (Fsp3) is 0.647. The summed E-state index contributed by atoms with van der Waals surface area (Å²) in [5.74, 6) is 1.59. The first-order valence-electron chi connectivity index (χ1n) is 15.5. The number of ketones is 2. The van der Waals surface area contributed by atoms with Gasteiger partial charge in [0.05, 0.1) is 0 Å². The van der Waals surface area contributed by atoms with E-state index >= 15 is 0 Å². The highest BCUT2D eigenvalue weighted by atomic mass is 16.5. The van der Waals surface area contributed by atoms with Crippen LogP contribution < -0.4 is 4.74 Å². The Kier molecular flexibility index (Phi) is 7.79. The molecule has 1 saturated heterocycles. The SMILES string of the molecule is COCC(=O)[C@@]1(O)CC[C@H]2[C@@H]3CCC4=CC(=O)CCC4=C3[C@@H](c3ccc(OCCN4CCCCC4)cc3)C[C@@]21C. The van der Waals surface area contributed by atoms with Crippen LogP contribution in [0.4, 0.5) is 0 Å². The number of carbonyl (C=O) groups excluding carboxylic acids is 2. The van der Waals surface area contributed by atoms with E-state index in [4.69, 9.17) is 9.47 Å². The number of hydrogen-bond donors (Lipinski definition) is 1. The molecule has 216 valence electrons. The molecule has 0 unspecified atom stereocenters. The van der Waals surface area contributed by atoms with Gasteiger partial charge in [0.25, 0.3) is 0 Å². The number of methoxy groups -OCH3 is 1. The number of benzene rings is 1. The van der Waals surface area contributed by atoms with Crippen LogP contribution in [-0.4, -0.2) is 67.1 Å². The average molecular weight is 548 g/mol. The molecule has 40 heavy (non-hydrogen) atoms. The molecule has 0 bridgehead atoms. The van der Waals surface area contributed by atoms with E-state index in [-0.39, 0.29) is 30.0 Å². The molecule has 2 saturated carbocycles. The van der Waals surface area contributed by atoms with E-state index in [1.165, 1.54) is 61.7 Å². The Morgan fingerprint density at radius 3 is 2.60 bits per heavy atom. The summed E-state index contributed by atoms with van der Waals surface area (Å²) in [6.07, 6.45) is 11.1. The van der Waals surface area contributed by atoms with Gasteiger partial charge in [0.1, 0.15) is 24.6 Å². The predicted octanol–water partition coefficient (Wildman–Crippen LogP) is 5.40.